The number of hydrogen-bond donors (Lipinski definition) is 1. The number of benzene rings is 11. The Morgan fingerprint density at radius 1 is 0.403 bits per heavy atom. The second-order valence-corrected chi connectivity index (χ2v) is 19.3. The van der Waals surface area contributed by atoms with Gasteiger partial charge in [-0.15, -0.1) is 0 Å². The van der Waals surface area contributed by atoms with Gasteiger partial charge in [-0.2, -0.15) is 0 Å². The van der Waals surface area contributed by atoms with Crippen LogP contribution in [0.3, 0.4) is 0 Å². The first kappa shape index (κ1) is 41.8. The van der Waals surface area contributed by atoms with E-state index in [1.807, 2.05) is 6.07 Å². The van der Waals surface area contributed by atoms with E-state index in [-0.39, 0.29) is 12.0 Å². The summed E-state index contributed by atoms with van der Waals surface area (Å²) in [7, 11) is 0. The van der Waals surface area contributed by atoms with Crippen LogP contribution in [-0.2, 0) is 5.41 Å². The molecule has 0 fully saturated rings. The van der Waals surface area contributed by atoms with Gasteiger partial charge >= 0.3 is 0 Å². The van der Waals surface area contributed by atoms with Gasteiger partial charge in [0.1, 0.15) is 0 Å². The van der Waals surface area contributed by atoms with E-state index >= 15 is 0 Å². The first-order valence-corrected chi connectivity index (χ1v) is 25.1. The van der Waals surface area contributed by atoms with Crippen molar-refractivity contribution in [2.24, 2.45) is 0 Å². The van der Waals surface area contributed by atoms with E-state index in [2.05, 4.69) is 288 Å². The molecule has 0 saturated heterocycles. The van der Waals surface area contributed by atoms with Gasteiger partial charge in [0.15, 0.2) is 0 Å². The molecule has 0 saturated carbocycles. The molecule has 1 heterocycles. The highest BCUT2D eigenvalue weighted by molar-refractivity contribution is 6.09. The van der Waals surface area contributed by atoms with Crippen LogP contribution in [-0.4, -0.2) is 6.04 Å². The zero-order chi connectivity index (χ0) is 47.6. The Hall–Kier alpha value is -9.18. The van der Waals surface area contributed by atoms with Crippen LogP contribution >= 0.6 is 0 Å². The third-order valence-corrected chi connectivity index (χ3v) is 15.4. The Morgan fingerprint density at radius 2 is 0.986 bits per heavy atom. The van der Waals surface area contributed by atoms with Crippen molar-refractivity contribution in [1.82, 2.24) is 0 Å². The molecule has 0 radical (unpaired) electrons. The van der Waals surface area contributed by atoms with Crippen molar-refractivity contribution in [3.63, 3.8) is 0 Å². The molecule has 1 aliphatic heterocycles. The van der Waals surface area contributed by atoms with E-state index in [4.69, 9.17) is 0 Å². The Kier molecular flexibility index (Phi) is 9.89. The van der Waals surface area contributed by atoms with Gasteiger partial charge < -0.3 is 15.1 Å². The van der Waals surface area contributed by atoms with Gasteiger partial charge in [0.2, 0.25) is 0 Å². The summed E-state index contributed by atoms with van der Waals surface area (Å²) in [4.78, 5) is 4.98. The summed E-state index contributed by atoms with van der Waals surface area (Å²) in [6, 6.07) is 98.1. The maximum atomic E-state index is 3.59. The Labute approximate surface area is 420 Å². The molecule has 3 aliphatic rings. The van der Waals surface area contributed by atoms with Crippen LogP contribution in [0.1, 0.15) is 33.7 Å². The highest BCUT2D eigenvalue weighted by Crippen LogP contribution is 2.57. The van der Waals surface area contributed by atoms with Gasteiger partial charge in [-0.05, 0) is 145 Å². The van der Waals surface area contributed by atoms with Crippen molar-refractivity contribution in [3.8, 4) is 22.3 Å². The van der Waals surface area contributed by atoms with E-state index in [1.165, 1.54) is 82.7 Å². The molecule has 3 nitrogen and oxygen atoms in total. The summed E-state index contributed by atoms with van der Waals surface area (Å²) in [6.07, 6.45) is 4.97. The second kappa shape index (κ2) is 17.0. The topological polar surface area (TPSA) is 18.5 Å². The fourth-order valence-electron chi connectivity index (χ4n) is 12.3. The average Bonchev–Trinajstić information content (AvgIpc) is 3.75. The first-order chi connectivity index (χ1) is 35.7. The minimum absolute atomic E-state index is 0.112. The Balaban J connectivity index is 0.877. The lowest BCUT2D eigenvalue weighted by Crippen LogP contribution is -2.44. The molecule has 11 aromatic carbocycles. The minimum Gasteiger partial charge on any atom is -0.356 e. The summed E-state index contributed by atoms with van der Waals surface area (Å²) in [5.41, 5.74) is 18.8. The number of para-hydroxylation sites is 2. The first-order valence-electron chi connectivity index (χ1n) is 25.1. The van der Waals surface area contributed by atoms with Crippen molar-refractivity contribution in [3.05, 3.63) is 305 Å². The largest absolute Gasteiger partial charge is 0.356 e. The number of fused-ring (bicyclic) bond motifs is 6. The molecule has 0 spiro atoms. The predicted molar refractivity (Wildman–Crippen MR) is 301 cm³/mol. The lowest BCUT2D eigenvalue weighted by atomic mass is 9.68. The maximum absolute atomic E-state index is 3.59. The van der Waals surface area contributed by atoms with Crippen LogP contribution in [0, 0.1) is 0 Å². The lowest BCUT2D eigenvalue weighted by Gasteiger charge is -2.43. The zero-order valence-electron chi connectivity index (χ0n) is 39.6. The average molecular weight is 920 g/mol. The van der Waals surface area contributed by atoms with E-state index < -0.39 is 5.41 Å². The number of nitrogens with zero attached hydrogens (tertiary/aromatic N) is 2. The monoisotopic (exact) mass is 919 g/mol. The molecule has 3 heteroatoms. The second-order valence-electron chi connectivity index (χ2n) is 19.3. The highest BCUT2D eigenvalue weighted by atomic mass is 15.2. The number of anilines is 7. The molecule has 72 heavy (non-hydrogen) atoms. The third-order valence-electron chi connectivity index (χ3n) is 15.4. The molecule has 14 rings (SSSR count). The van der Waals surface area contributed by atoms with Gasteiger partial charge in [-0.25, -0.2) is 0 Å². The summed E-state index contributed by atoms with van der Waals surface area (Å²) in [5.74, 6) is 0.167. The molecule has 2 atom stereocenters. The Morgan fingerprint density at radius 3 is 1.71 bits per heavy atom. The maximum Gasteiger partial charge on any atom is 0.0713 e. The molecular formula is C69H49N3. The van der Waals surface area contributed by atoms with Gasteiger partial charge in [0.05, 0.1) is 11.5 Å². The summed E-state index contributed by atoms with van der Waals surface area (Å²) < 4.78 is 0. The molecule has 1 N–H and O–H groups in total. The standard InChI is InChI=1S/C69H49N3/c1-5-20-50(21-6-1)69(51-22-7-2-8-23-51)64-31-16-15-28-59(64)62-46-57(40-42-65(62)69)71(54-26-11-4-12-27-54)55-36-32-47(33-37-55)58-41-43-66-68-60(58)29-17-30-61(68)63-44-48-18-13-14-19-49(48)45-67(63)72(66)56-38-34-53(35-39-56)70-52-24-9-3-10-25-52/h1-46,63,67,70H. The summed E-state index contributed by atoms with van der Waals surface area (Å²) >= 11 is 0. The third kappa shape index (κ3) is 6.66. The zero-order valence-corrected chi connectivity index (χ0v) is 39.6. The van der Waals surface area contributed by atoms with Gasteiger partial charge in [0, 0.05) is 51.1 Å². The van der Waals surface area contributed by atoms with Crippen molar-refractivity contribution < 1.29 is 0 Å². The van der Waals surface area contributed by atoms with E-state index in [1.54, 1.807) is 0 Å². The smallest absolute Gasteiger partial charge is 0.0713 e. The van der Waals surface area contributed by atoms with Crippen LogP contribution < -0.4 is 25.6 Å². The van der Waals surface area contributed by atoms with Crippen molar-refractivity contribution in [2.45, 2.75) is 17.4 Å². The van der Waals surface area contributed by atoms with Crippen LogP contribution in [0.4, 0.5) is 39.8 Å². The molecule has 2 aliphatic carbocycles. The Bertz CT molecular complexity index is 3910. The van der Waals surface area contributed by atoms with E-state index in [0.717, 1.165) is 28.4 Å². The molecular weight excluding hydrogens is 871 g/mol. The van der Waals surface area contributed by atoms with Gasteiger partial charge in [-0.1, -0.05) is 200 Å². The predicted octanol–water partition coefficient (Wildman–Crippen LogP) is 16.0. The van der Waals surface area contributed by atoms with Crippen molar-refractivity contribution in [1.29, 1.82) is 0 Å². The molecule has 0 aromatic heterocycles. The van der Waals surface area contributed by atoms with Crippen LogP contribution in [0.15, 0.2) is 267 Å². The molecule has 11 aromatic rings. The van der Waals surface area contributed by atoms with E-state index in [9.17, 15) is 0 Å². The molecule has 0 bridgehead atoms. The van der Waals surface area contributed by atoms with Crippen LogP contribution in [0.5, 0.6) is 0 Å². The minimum atomic E-state index is -0.453. The van der Waals surface area contributed by atoms with Crippen molar-refractivity contribution in [2.75, 3.05) is 15.1 Å². The van der Waals surface area contributed by atoms with Gasteiger partial charge in [-0.3, -0.25) is 0 Å². The number of nitrogens with one attached hydrogen (secondary N) is 1. The van der Waals surface area contributed by atoms with Crippen LogP contribution in [0.2, 0.25) is 0 Å². The number of hydrogen-bond acceptors (Lipinski definition) is 3. The highest BCUT2D eigenvalue weighted by Gasteiger charge is 2.46. The number of rotatable bonds is 9. The lowest BCUT2D eigenvalue weighted by molar-refractivity contribution is 0.734. The van der Waals surface area contributed by atoms with Gasteiger partial charge in [0.25, 0.3) is 0 Å². The quantitative estimate of drug-likeness (QED) is 0.156. The molecule has 2 unspecified atom stereocenters. The summed E-state index contributed by atoms with van der Waals surface area (Å²) in [6.45, 7) is 0. The van der Waals surface area contributed by atoms with Crippen molar-refractivity contribution >= 4 is 62.7 Å². The summed E-state index contributed by atoms with van der Waals surface area (Å²) in [5, 5.41) is 8.72. The fourth-order valence-corrected chi connectivity index (χ4v) is 12.3. The molecule has 0 amide bonds. The van der Waals surface area contributed by atoms with E-state index in [0.29, 0.717) is 0 Å². The molecule has 340 valence electrons. The normalized spacial score (nSPS) is 15.5. The fraction of sp³-hybridized carbons (Fsp3) is 0.0435. The SMILES string of the molecule is C1=c2ccccc2=CC2C1c1cccc3c(-c4ccc(N(c5ccccc5)c5ccc6c(c5)-c5ccccc5C6(c5ccccc5)c5ccccc5)cc4)ccc(c13)N2c1ccc(Nc2ccccc2)cc1. The van der Waals surface area contributed by atoms with Crippen LogP contribution in [0.25, 0.3) is 45.2 Å².